The lowest BCUT2D eigenvalue weighted by Crippen LogP contribution is -2.43. The van der Waals surface area contributed by atoms with Gasteiger partial charge < -0.3 is 9.47 Å². The van der Waals surface area contributed by atoms with Gasteiger partial charge in [0.15, 0.2) is 0 Å². The summed E-state index contributed by atoms with van der Waals surface area (Å²) >= 11 is 0. The highest BCUT2D eigenvalue weighted by molar-refractivity contribution is 4.76. The quantitative estimate of drug-likeness (QED) is 0.674. The van der Waals surface area contributed by atoms with Gasteiger partial charge >= 0.3 is 0 Å². The monoisotopic (exact) mass is 186 g/mol. The predicted molar refractivity (Wildman–Crippen MR) is 53.8 cm³/mol. The van der Waals surface area contributed by atoms with Crippen LogP contribution in [0.4, 0.5) is 0 Å². The van der Waals surface area contributed by atoms with E-state index in [1.807, 2.05) is 0 Å². The normalized spacial score (nSPS) is 30.0. The Hall–Kier alpha value is -0.0800. The van der Waals surface area contributed by atoms with E-state index in [9.17, 15) is 0 Å². The molecule has 2 atom stereocenters. The fourth-order valence-corrected chi connectivity index (χ4v) is 1.69. The molecule has 0 aromatic rings. The van der Waals surface area contributed by atoms with Crippen molar-refractivity contribution in [1.82, 2.24) is 0 Å². The zero-order valence-corrected chi connectivity index (χ0v) is 9.30. The molecule has 0 radical (unpaired) electrons. The van der Waals surface area contributed by atoms with Crippen molar-refractivity contribution in [2.24, 2.45) is 5.92 Å². The van der Waals surface area contributed by atoms with Gasteiger partial charge in [-0.15, -0.1) is 0 Å². The maximum Gasteiger partial charge on any atom is 0.0863 e. The molecule has 0 spiro atoms. The molecular weight excluding hydrogens is 164 g/mol. The molecule has 1 aliphatic heterocycles. The molecule has 1 fully saturated rings. The lowest BCUT2D eigenvalue weighted by atomic mass is 9.99. The van der Waals surface area contributed by atoms with Gasteiger partial charge in [0.2, 0.25) is 0 Å². The van der Waals surface area contributed by atoms with Crippen LogP contribution in [-0.4, -0.2) is 24.9 Å². The zero-order chi connectivity index (χ0) is 9.90. The molecule has 2 nitrogen and oxygen atoms in total. The summed E-state index contributed by atoms with van der Waals surface area (Å²) in [6.45, 7) is 10.2. The number of hydrogen-bond acceptors (Lipinski definition) is 2. The van der Waals surface area contributed by atoms with Gasteiger partial charge in [0.25, 0.3) is 0 Å². The minimum Gasteiger partial charge on any atom is -0.376 e. The van der Waals surface area contributed by atoms with Crippen molar-refractivity contribution in [3.05, 3.63) is 0 Å². The molecule has 0 aromatic heterocycles. The lowest BCUT2D eigenvalue weighted by molar-refractivity contribution is -0.186. The fourth-order valence-electron chi connectivity index (χ4n) is 1.69. The van der Waals surface area contributed by atoms with Gasteiger partial charge in [0.1, 0.15) is 0 Å². The molecule has 0 bridgehead atoms. The molecule has 0 aromatic carbocycles. The van der Waals surface area contributed by atoms with Gasteiger partial charge in [-0.25, -0.2) is 0 Å². The standard InChI is InChI=1S/C11H22O2/c1-5-9(2)6-10-7-12-8-11(3,4)13-10/h9-10H,5-8H2,1-4H3. The highest BCUT2D eigenvalue weighted by Crippen LogP contribution is 2.23. The molecule has 13 heavy (non-hydrogen) atoms. The average Bonchev–Trinajstić information content (AvgIpc) is 2.02. The summed E-state index contributed by atoms with van der Waals surface area (Å²) in [6, 6.07) is 0. The van der Waals surface area contributed by atoms with Crippen molar-refractivity contribution >= 4 is 0 Å². The molecule has 1 heterocycles. The van der Waals surface area contributed by atoms with E-state index in [1.54, 1.807) is 0 Å². The van der Waals surface area contributed by atoms with E-state index in [2.05, 4.69) is 27.7 Å². The first-order chi connectivity index (χ1) is 6.03. The van der Waals surface area contributed by atoms with Gasteiger partial charge in [-0.3, -0.25) is 0 Å². The summed E-state index contributed by atoms with van der Waals surface area (Å²) < 4.78 is 11.4. The molecule has 2 heteroatoms. The molecule has 0 amide bonds. The van der Waals surface area contributed by atoms with E-state index in [0.29, 0.717) is 6.10 Å². The van der Waals surface area contributed by atoms with E-state index in [4.69, 9.17) is 9.47 Å². The second-order valence-electron chi connectivity index (χ2n) is 4.76. The summed E-state index contributed by atoms with van der Waals surface area (Å²) in [5.41, 5.74) is -0.0869. The zero-order valence-electron chi connectivity index (χ0n) is 9.30. The van der Waals surface area contributed by atoms with Crippen molar-refractivity contribution in [1.29, 1.82) is 0 Å². The van der Waals surface area contributed by atoms with Gasteiger partial charge in [-0.2, -0.15) is 0 Å². The minimum absolute atomic E-state index is 0.0869. The first kappa shape index (κ1) is 11.0. The Kier molecular flexibility index (Phi) is 3.74. The van der Waals surface area contributed by atoms with Gasteiger partial charge in [0.05, 0.1) is 24.9 Å². The van der Waals surface area contributed by atoms with Crippen LogP contribution in [0.1, 0.15) is 40.5 Å². The number of hydrogen-bond donors (Lipinski definition) is 0. The molecule has 1 rings (SSSR count). The van der Waals surface area contributed by atoms with E-state index in [0.717, 1.165) is 25.6 Å². The van der Waals surface area contributed by atoms with E-state index >= 15 is 0 Å². The van der Waals surface area contributed by atoms with Crippen LogP contribution in [0.25, 0.3) is 0 Å². The van der Waals surface area contributed by atoms with Crippen molar-refractivity contribution < 1.29 is 9.47 Å². The second-order valence-corrected chi connectivity index (χ2v) is 4.76. The lowest BCUT2D eigenvalue weighted by Gasteiger charge is -2.36. The Morgan fingerprint density at radius 1 is 1.46 bits per heavy atom. The Morgan fingerprint density at radius 3 is 2.69 bits per heavy atom. The molecule has 0 aliphatic carbocycles. The Balaban J connectivity index is 2.34. The third-order valence-electron chi connectivity index (χ3n) is 2.60. The molecule has 0 saturated carbocycles. The summed E-state index contributed by atoms with van der Waals surface area (Å²) in [6.07, 6.45) is 2.65. The first-order valence-corrected chi connectivity index (χ1v) is 5.29. The average molecular weight is 186 g/mol. The van der Waals surface area contributed by atoms with Gasteiger partial charge in [0, 0.05) is 0 Å². The van der Waals surface area contributed by atoms with Crippen LogP contribution in [0.5, 0.6) is 0 Å². The minimum atomic E-state index is -0.0869. The van der Waals surface area contributed by atoms with Crippen molar-refractivity contribution in [3.8, 4) is 0 Å². The Labute approximate surface area is 81.6 Å². The van der Waals surface area contributed by atoms with E-state index < -0.39 is 0 Å². The van der Waals surface area contributed by atoms with E-state index in [-0.39, 0.29) is 5.60 Å². The van der Waals surface area contributed by atoms with E-state index in [1.165, 1.54) is 6.42 Å². The van der Waals surface area contributed by atoms with Crippen LogP contribution >= 0.6 is 0 Å². The maximum atomic E-state index is 5.92. The van der Waals surface area contributed by atoms with Crippen LogP contribution in [0.15, 0.2) is 0 Å². The fraction of sp³-hybridized carbons (Fsp3) is 1.00. The summed E-state index contributed by atoms with van der Waals surface area (Å²) in [5, 5.41) is 0. The van der Waals surface area contributed by atoms with Crippen LogP contribution in [0, 0.1) is 5.92 Å². The number of rotatable bonds is 3. The SMILES string of the molecule is CCC(C)CC1COCC(C)(C)O1. The van der Waals surface area contributed by atoms with Crippen LogP contribution in [0.3, 0.4) is 0 Å². The first-order valence-electron chi connectivity index (χ1n) is 5.29. The summed E-state index contributed by atoms with van der Waals surface area (Å²) in [7, 11) is 0. The maximum absolute atomic E-state index is 5.92. The molecule has 1 aliphatic rings. The molecular formula is C11H22O2. The Bertz CT molecular complexity index is 154. The van der Waals surface area contributed by atoms with Crippen molar-refractivity contribution in [2.75, 3.05) is 13.2 Å². The molecule has 1 saturated heterocycles. The van der Waals surface area contributed by atoms with Crippen molar-refractivity contribution in [3.63, 3.8) is 0 Å². The Morgan fingerprint density at radius 2 is 2.15 bits per heavy atom. The molecule has 0 N–H and O–H groups in total. The largest absolute Gasteiger partial charge is 0.376 e. The topological polar surface area (TPSA) is 18.5 Å². The van der Waals surface area contributed by atoms with Crippen LogP contribution < -0.4 is 0 Å². The second kappa shape index (κ2) is 4.43. The van der Waals surface area contributed by atoms with Gasteiger partial charge in [-0.05, 0) is 26.2 Å². The predicted octanol–water partition coefficient (Wildman–Crippen LogP) is 2.62. The third-order valence-corrected chi connectivity index (χ3v) is 2.60. The van der Waals surface area contributed by atoms with Gasteiger partial charge in [-0.1, -0.05) is 20.3 Å². The third kappa shape index (κ3) is 3.65. The van der Waals surface area contributed by atoms with Crippen LogP contribution in [0.2, 0.25) is 0 Å². The number of ether oxygens (including phenoxy) is 2. The van der Waals surface area contributed by atoms with Crippen molar-refractivity contribution in [2.45, 2.75) is 52.2 Å². The molecule has 78 valence electrons. The summed E-state index contributed by atoms with van der Waals surface area (Å²) in [5.74, 6) is 0.738. The highest BCUT2D eigenvalue weighted by Gasteiger charge is 2.29. The van der Waals surface area contributed by atoms with Crippen LogP contribution in [-0.2, 0) is 9.47 Å². The highest BCUT2D eigenvalue weighted by atomic mass is 16.6. The smallest absolute Gasteiger partial charge is 0.0863 e. The molecule has 2 unspecified atom stereocenters. The summed E-state index contributed by atoms with van der Waals surface area (Å²) in [4.78, 5) is 0.